The van der Waals surface area contributed by atoms with Crippen LogP contribution < -0.4 is 10.1 Å². The van der Waals surface area contributed by atoms with Gasteiger partial charge in [0.2, 0.25) is 5.88 Å². The lowest BCUT2D eigenvalue weighted by Crippen LogP contribution is -2.27. The summed E-state index contributed by atoms with van der Waals surface area (Å²) in [5, 5.41) is 11.2. The maximum atomic E-state index is 11.5. The molecule has 0 aliphatic heterocycles. The van der Waals surface area contributed by atoms with E-state index in [1.165, 1.54) is 6.20 Å². The lowest BCUT2D eigenvalue weighted by Gasteiger charge is -2.19. The first-order chi connectivity index (χ1) is 8.40. The number of carbonyl (C=O) groups excluding carboxylic acids is 1. The minimum atomic E-state index is -0.548. The molecule has 1 aromatic heterocycles. The lowest BCUT2D eigenvalue weighted by atomic mass is 10.2. The molecule has 0 atom stereocenters. The van der Waals surface area contributed by atoms with Crippen LogP contribution in [-0.2, 0) is 4.74 Å². The topological polar surface area (TPSA) is 80.7 Å². The Balaban J connectivity index is 2.59. The van der Waals surface area contributed by atoms with Crippen molar-refractivity contribution in [2.24, 2.45) is 0 Å². The van der Waals surface area contributed by atoms with Crippen LogP contribution in [0.5, 0.6) is 5.88 Å². The number of anilines is 1. The van der Waals surface area contributed by atoms with Crippen molar-refractivity contribution in [3.8, 4) is 5.88 Å². The van der Waals surface area contributed by atoms with E-state index in [1.807, 2.05) is 0 Å². The van der Waals surface area contributed by atoms with Crippen molar-refractivity contribution in [3.63, 3.8) is 0 Å². The number of ether oxygens (including phenoxy) is 2. The third-order valence-corrected chi connectivity index (χ3v) is 1.72. The highest BCUT2D eigenvalue weighted by Gasteiger charge is 2.16. The monoisotopic (exact) mass is 254 g/mol. The van der Waals surface area contributed by atoms with Crippen molar-refractivity contribution >= 4 is 11.8 Å². The summed E-state index contributed by atoms with van der Waals surface area (Å²) in [4.78, 5) is 15.5. The first-order valence-electron chi connectivity index (χ1n) is 5.60. The van der Waals surface area contributed by atoms with Crippen molar-refractivity contribution in [2.75, 3.05) is 18.5 Å². The number of rotatable bonds is 4. The minimum Gasteiger partial charge on any atom is -0.475 e. The molecule has 0 aromatic carbocycles. The molecule has 18 heavy (non-hydrogen) atoms. The second kappa shape index (κ2) is 6.20. The molecule has 0 fully saturated rings. The molecule has 0 saturated heterocycles. The molecule has 1 heterocycles. The molecule has 2 N–H and O–H groups in total. The molecule has 0 spiro atoms. The highest BCUT2D eigenvalue weighted by atomic mass is 16.6. The molecule has 0 bridgehead atoms. The normalized spacial score (nSPS) is 10.9. The van der Waals surface area contributed by atoms with E-state index >= 15 is 0 Å². The van der Waals surface area contributed by atoms with Crippen LogP contribution in [0.4, 0.5) is 10.5 Å². The number of hydrogen-bond donors (Lipinski definition) is 2. The number of aromatic nitrogens is 1. The summed E-state index contributed by atoms with van der Waals surface area (Å²) in [6, 6.07) is 3.18. The number of carbonyl (C=O) groups is 1. The van der Waals surface area contributed by atoms with E-state index in [-0.39, 0.29) is 13.2 Å². The highest BCUT2D eigenvalue weighted by Crippen LogP contribution is 2.15. The first-order valence-corrected chi connectivity index (χ1v) is 5.60. The van der Waals surface area contributed by atoms with Gasteiger partial charge in [0.15, 0.2) is 0 Å². The summed E-state index contributed by atoms with van der Waals surface area (Å²) in [6.07, 6.45) is 0.959. The van der Waals surface area contributed by atoms with Gasteiger partial charge in [-0.3, -0.25) is 5.32 Å². The van der Waals surface area contributed by atoms with Crippen LogP contribution in [0, 0.1) is 0 Å². The Kier molecular flexibility index (Phi) is 4.91. The zero-order valence-electron chi connectivity index (χ0n) is 10.8. The summed E-state index contributed by atoms with van der Waals surface area (Å²) < 4.78 is 10.2. The number of pyridine rings is 1. The fraction of sp³-hybridized carbons (Fsp3) is 0.500. The molecule has 0 saturated carbocycles. The Morgan fingerprint density at radius 1 is 1.50 bits per heavy atom. The zero-order valence-corrected chi connectivity index (χ0v) is 10.8. The van der Waals surface area contributed by atoms with Gasteiger partial charge in [0.25, 0.3) is 0 Å². The van der Waals surface area contributed by atoms with Gasteiger partial charge in [-0.2, -0.15) is 0 Å². The average Bonchev–Trinajstić information content (AvgIpc) is 2.24. The second-order valence-electron chi connectivity index (χ2n) is 4.58. The smallest absolute Gasteiger partial charge is 0.412 e. The Morgan fingerprint density at radius 3 is 2.83 bits per heavy atom. The molecule has 1 rings (SSSR count). The summed E-state index contributed by atoms with van der Waals surface area (Å²) in [5.41, 5.74) is -0.0277. The summed E-state index contributed by atoms with van der Waals surface area (Å²) in [5.74, 6) is 0.331. The lowest BCUT2D eigenvalue weighted by molar-refractivity contribution is 0.0636. The SMILES string of the molecule is CC(C)(C)OC(=O)Nc1ccnc(OCCO)c1. The van der Waals surface area contributed by atoms with E-state index in [4.69, 9.17) is 14.6 Å². The molecule has 0 aliphatic carbocycles. The van der Waals surface area contributed by atoms with E-state index in [1.54, 1.807) is 32.9 Å². The molecule has 1 aromatic rings. The summed E-state index contributed by atoms with van der Waals surface area (Å²) >= 11 is 0. The number of nitrogens with zero attached hydrogens (tertiary/aromatic N) is 1. The van der Waals surface area contributed by atoms with Crippen LogP contribution in [0.25, 0.3) is 0 Å². The molecule has 1 amide bonds. The van der Waals surface area contributed by atoms with Crippen LogP contribution in [0.3, 0.4) is 0 Å². The van der Waals surface area contributed by atoms with E-state index in [0.717, 1.165) is 0 Å². The third-order valence-electron chi connectivity index (χ3n) is 1.72. The minimum absolute atomic E-state index is 0.0919. The van der Waals surface area contributed by atoms with Gasteiger partial charge < -0.3 is 14.6 Å². The van der Waals surface area contributed by atoms with Crippen molar-refractivity contribution < 1.29 is 19.4 Å². The average molecular weight is 254 g/mol. The van der Waals surface area contributed by atoms with E-state index in [0.29, 0.717) is 11.6 Å². The van der Waals surface area contributed by atoms with Crippen molar-refractivity contribution in [2.45, 2.75) is 26.4 Å². The molecular formula is C12H18N2O4. The molecule has 0 radical (unpaired) electrons. The van der Waals surface area contributed by atoms with Gasteiger partial charge in [-0.05, 0) is 26.8 Å². The van der Waals surface area contributed by atoms with E-state index < -0.39 is 11.7 Å². The van der Waals surface area contributed by atoms with Crippen LogP contribution in [0.1, 0.15) is 20.8 Å². The van der Waals surface area contributed by atoms with Crippen molar-refractivity contribution in [1.29, 1.82) is 0 Å². The van der Waals surface area contributed by atoms with E-state index in [2.05, 4.69) is 10.3 Å². The van der Waals surface area contributed by atoms with Gasteiger partial charge in [0, 0.05) is 12.3 Å². The largest absolute Gasteiger partial charge is 0.475 e. The molecule has 6 nitrogen and oxygen atoms in total. The first kappa shape index (κ1) is 14.2. The summed E-state index contributed by atoms with van der Waals surface area (Å²) in [7, 11) is 0. The quantitative estimate of drug-likeness (QED) is 0.856. The van der Waals surface area contributed by atoms with Crippen LogP contribution in [0.2, 0.25) is 0 Å². The molecule has 0 aliphatic rings. The fourth-order valence-electron chi connectivity index (χ4n) is 1.14. The second-order valence-corrected chi connectivity index (χ2v) is 4.58. The Labute approximate surface area is 106 Å². The molecule has 6 heteroatoms. The highest BCUT2D eigenvalue weighted by molar-refractivity contribution is 5.84. The fourth-order valence-corrected chi connectivity index (χ4v) is 1.14. The van der Waals surface area contributed by atoms with Gasteiger partial charge in [-0.15, -0.1) is 0 Å². The van der Waals surface area contributed by atoms with Gasteiger partial charge >= 0.3 is 6.09 Å². The van der Waals surface area contributed by atoms with Gasteiger partial charge in [-0.25, -0.2) is 9.78 Å². The van der Waals surface area contributed by atoms with Crippen LogP contribution >= 0.6 is 0 Å². The van der Waals surface area contributed by atoms with Gasteiger partial charge in [0.1, 0.15) is 12.2 Å². The number of amides is 1. The summed E-state index contributed by atoms with van der Waals surface area (Å²) in [6.45, 7) is 5.42. The predicted molar refractivity (Wildman–Crippen MR) is 66.7 cm³/mol. The molecule has 0 unspecified atom stereocenters. The van der Waals surface area contributed by atoms with Crippen LogP contribution in [0.15, 0.2) is 18.3 Å². The zero-order chi connectivity index (χ0) is 13.6. The Bertz CT molecular complexity index is 401. The van der Waals surface area contributed by atoms with Crippen molar-refractivity contribution in [1.82, 2.24) is 4.98 Å². The molecule has 100 valence electrons. The predicted octanol–water partition coefficient (Wildman–Crippen LogP) is 1.80. The van der Waals surface area contributed by atoms with Crippen LogP contribution in [-0.4, -0.2) is 35.0 Å². The van der Waals surface area contributed by atoms with Gasteiger partial charge in [0.05, 0.1) is 12.3 Å². The number of aliphatic hydroxyl groups is 1. The van der Waals surface area contributed by atoms with Crippen molar-refractivity contribution in [3.05, 3.63) is 18.3 Å². The maximum absolute atomic E-state index is 11.5. The Hall–Kier alpha value is -1.82. The number of hydrogen-bond acceptors (Lipinski definition) is 5. The number of nitrogens with one attached hydrogen (secondary N) is 1. The maximum Gasteiger partial charge on any atom is 0.412 e. The number of aliphatic hydroxyl groups excluding tert-OH is 1. The van der Waals surface area contributed by atoms with Gasteiger partial charge in [-0.1, -0.05) is 0 Å². The third kappa shape index (κ3) is 5.49. The van der Waals surface area contributed by atoms with E-state index in [9.17, 15) is 4.79 Å². The standard InChI is InChI=1S/C12H18N2O4/c1-12(2,3)18-11(16)14-9-4-5-13-10(8-9)17-7-6-15/h4-5,8,15H,6-7H2,1-3H3,(H,13,14,16). The Morgan fingerprint density at radius 2 is 2.22 bits per heavy atom. The molecular weight excluding hydrogens is 236 g/mol.